The molecule has 0 radical (unpaired) electrons. The smallest absolute Gasteiger partial charge is 0.244 e. The highest BCUT2D eigenvalue weighted by Crippen LogP contribution is 2.52. The van der Waals surface area contributed by atoms with Gasteiger partial charge < -0.3 is 9.64 Å². The number of fused-ring (bicyclic) bond motifs is 2. The molecule has 1 N–H and O–H groups in total. The molecule has 0 unspecified atom stereocenters. The van der Waals surface area contributed by atoms with E-state index in [1.54, 1.807) is 31.1 Å². The second-order valence-electron chi connectivity index (χ2n) is 9.25. The van der Waals surface area contributed by atoms with Crippen molar-refractivity contribution >= 4 is 17.7 Å². The average Bonchev–Trinajstić information content (AvgIpc) is 3.32. The van der Waals surface area contributed by atoms with Gasteiger partial charge in [0.05, 0.1) is 18.9 Å². The monoisotopic (exact) mass is 465 g/mol. The lowest BCUT2D eigenvalue weighted by molar-refractivity contribution is -0.150. The van der Waals surface area contributed by atoms with Gasteiger partial charge in [-0.3, -0.25) is 24.6 Å². The van der Waals surface area contributed by atoms with Crippen molar-refractivity contribution in [2.45, 2.75) is 37.9 Å². The molecule has 34 heavy (non-hydrogen) atoms. The molecule has 178 valence electrons. The maximum Gasteiger partial charge on any atom is 0.244 e. The molecule has 3 heterocycles. The first kappa shape index (κ1) is 22.5. The summed E-state index contributed by atoms with van der Waals surface area (Å²) in [5, 5.41) is 3.48. The molecule has 2 aromatic rings. The van der Waals surface area contributed by atoms with Crippen LogP contribution in [0.15, 0.2) is 48.5 Å². The van der Waals surface area contributed by atoms with E-state index in [2.05, 4.69) is 5.32 Å². The van der Waals surface area contributed by atoms with Crippen molar-refractivity contribution in [1.29, 1.82) is 0 Å². The number of methoxy groups -OCH3 is 1. The van der Waals surface area contributed by atoms with Gasteiger partial charge in [-0.1, -0.05) is 24.3 Å². The quantitative estimate of drug-likeness (QED) is 0.687. The SMILES string of the molecule is CCN1C(=O)[C@H]2[C@@H](c3ccc(OC)cc3)N[C@]3(CCCN(Cc4ccc(F)cc4)C3=O)[C@H]2C1=O. The lowest BCUT2D eigenvalue weighted by Gasteiger charge is -2.42. The van der Waals surface area contributed by atoms with Gasteiger partial charge in [0.1, 0.15) is 17.1 Å². The number of rotatable bonds is 5. The Morgan fingerprint density at radius 2 is 1.76 bits per heavy atom. The zero-order valence-electron chi connectivity index (χ0n) is 19.3. The molecule has 3 aliphatic rings. The molecule has 5 rings (SSSR count). The molecule has 3 fully saturated rings. The highest BCUT2D eigenvalue weighted by atomic mass is 19.1. The van der Waals surface area contributed by atoms with E-state index in [0.29, 0.717) is 31.7 Å². The topological polar surface area (TPSA) is 79.0 Å². The summed E-state index contributed by atoms with van der Waals surface area (Å²) in [4.78, 5) is 43.8. The predicted octanol–water partition coefficient (Wildman–Crippen LogP) is 2.66. The van der Waals surface area contributed by atoms with E-state index in [9.17, 15) is 18.8 Å². The number of piperidine rings is 1. The third-order valence-electron chi connectivity index (χ3n) is 7.49. The fourth-order valence-electron chi connectivity index (χ4n) is 5.90. The third kappa shape index (κ3) is 3.39. The Morgan fingerprint density at radius 3 is 2.41 bits per heavy atom. The van der Waals surface area contributed by atoms with Crippen LogP contribution in [-0.2, 0) is 20.9 Å². The maximum atomic E-state index is 14.0. The van der Waals surface area contributed by atoms with E-state index in [1.165, 1.54) is 17.0 Å². The predicted molar refractivity (Wildman–Crippen MR) is 122 cm³/mol. The molecule has 0 aliphatic carbocycles. The maximum absolute atomic E-state index is 14.0. The van der Waals surface area contributed by atoms with E-state index in [4.69, 9.17) is 4.74 Å². The normalized spacial score (nSPS) is 28.7. The Balaban J connectivity index is 1.52. The van der Waals surface area contributed by atoms with E-state index in [0.717, 1.165) is 11.1 Å². The summed E-state index contributed by atoms with van der Waals surface area (Å²) in [6.07, 6.45) is 1.18. The fraction of sp³-hybridized carbons (Fsp3) is 0.423. The van der Waals surface area contributed by atoms with Crippen LogP contribution in [-0.4, -0.2) is 53.3 Å². The van der Waals surface area contributed by atoms with Crippen molar-refractivity contribution in [2.24, 2.45) is 11.8 Å². The third-order valence-corrected chi connectivity index (χ3v) is 7.49. The number of nitrogens with zero attached hydrogens (tertiary/aromatic N) is 2. The van der Waals surface area contributed by atoms with Gasteiger partial charge in [-0.05, 0) is 55.2 Å². The first-order valence-corrected chi connectivity index (χ1v) is 11.7. The van der Waals surface area contributed by atoms with Crippen molar-refractivity contribution in [3.8, 4) is 5.75 Å². The summed E-state index contributed by atoms with van der Waals surface area (Å²) >= 11 is 0. The van der Waals surface area contributed by atoms with Gasteiger partial charge >= 0.3 is 0 Å². The van der Waals surface area contributed by atoms with Gasteiger partial charge in [-0.25, -0.2) is 4.39 Å². The highest BCUT2D eigenvalue weighted by molar-refractivity contribution is 6.10. The number of imide groups is 1. The molecule has 0 saturated carbocycles. The molecule has 1 spiro atoms. The minimum Gasteiger partial charge on any atom is -0.497 e. The van der Waals surface area contributed by atoms with Crippen LogP contribution < -0.4 is 10.1 Å². The molecular formula is C26H28FN3O4. The van der Waals surface area contributed by atoms with Crippen LogP contribution in [0.5, 0.6) is 5.75 Å². The van der Waals surface area contributed by atoms with Gasteiger partial charge in [0.2, 0.25) is 17.7 Å². The van der Waals surface area contributed by atoms with Crippen LogP contribution in [0.2, 0.25) is 0 Å². The molecule has 2 aromatic carbocycles. The number of carbonyl (C=O) groups excluding carboxylic acids is 3. The van der Waals surface area contributed by atoms with E-state index in [-0.39, 0.29) is 30.1 Å². The second-order valence-corrected chi connectivity index (χ2v) is 9.25. The summed E-state index contributed by atoms with van der Waals surface area (Å²) in [5.74, 6) is -1.72. The lowest BCUT2D eigenvalue weighted by atomic mass is 9.74. The van der Waals surface area contributed by atoms with Crippen molar-refractivity contribution in [2.75, 3.05) is 20.2 Å². The molecule has 3 aliphatic heterocycles. The van der Waals surface area contributed by atoms with Crippen molar-refractivity contribution in [3.63, 3.8) is 0 Å². The van der Waals surface area contributed by atoms with Gasteiger partial charge in [0.15, 0.2) is 0 Å². The average molecular weight is 466 g/mol. The summed E-state index contributed by atoms with van der Waals surface area (Å²) in [6.45, 7) is 2.93. The number of amides is 3. The Hall–Kier alpha value is -3.26. The number of halogens is 1. The Labute approximate surface area is 197 Å². The van der Waals surface area contributed by atoms with Gasteiger partial charge in [-0.15, -0.1) is 0 Å². The zero-order valence-corrected chi connectivity index (χ0v) is 19.3. The van der Waals surface area contributed by atoms with Gasteiger partial charge in [0, 0.05) is 25.7 Å². The highest BCUT2D eigenvalue weighted by Gasteiger charge is 2.68. The second kappa shape index (κ2) is 8.51. The number of nitrogens with one attached hydrogen (secondary N) is 1. The lowest BCUT2D eigenvalue weighted by Crippen LogP contribution is -2.63. The number of hydrogen-bond donors (Lipinski definition) is 1. The standard InChI is InChI=1S/C26H28FN3O4/c1-3-30-23(31)20-21(24(30)32)26(28-22(20)17-7-11-19(34-2)12-8-17)13-4-14-29(25(26)33)15-16-5-9-18(27)10-6-16/h5-12,20-22,28H,3-4,13-15H2,1-2H3/t20-,21-,22-,26-/m1/s1. The molecule has 7 nitrogen and oxygen atoms in total. The first-order chi connectivity index (χ1) is 16.4. The number of likely N-dealkylation sites (tertiary alicyclic amines) is 2. The summed E-state index contributed by atoms with van der Waals surface area (Å²) in [6, 6.07) is 13.0. The minimum absolute atomic E-state index is 0.173. The number of ether oxygens (including phenoxy) is 1. The number of hydrogen-bond acceptors (Lipinski definition) is 5. The molecule has 0 bridgehead atoms. The number of benzene rings is 2. The largest absolute Gasteiger partial charge is 0.497 e. The summed E-state index contributed by atoms with van der Waals surface area (Å²) in [7, 11) is 1.59. The Kier molecular flexibility index (Phi) is 5.64. The molecule has 0 aromatic heterocycles. The van der Waals surface area contributed by atoms with Gasteiger partial charge in [0.25, 0.3) is 0 Å². The van der Waals surface area contributed by atoms with Crippen LogP contribution >= 0.6 is 0 Å². The summed E-state index contributed by atoms with van der Waals surface area (Å²) < 4.78 is 18.6. The van der Waals surface area contributed by atoms with Crippen molar-refractivity contribution < 1.29 is 23.5 Å². The van der Waals surface area contributed by atoms with Crippen LogP contribution in [0.25, 0.3) is 0 Å². The Bertz CT molecular complexity index is 1120. The summed E-state index contributed by atoms with van der Waals surface area (Å²) in [5.41, 5.74) is 0.511. The van der Waals surface area contributed by atoms with E-state index in [1.807, 2.05) is 24.3 Å². The van der Waals surface area contributed by atoms with Crippen LogP contribution in [0.1, 0.15) is 36.9 Å². The first-order valence-electron chi connectivity index (χ1n) is 11.7. The van der Waals surface area contributed by atoms with Crippen LogP contribution in [0, 0.1) is 17.7 Å². The number of carbonyl (C=O) groups is 3. The molecule has 3 amide bonds. The Morgan fingerprint density at radius 1 is 1.06 bits per heavy atom. The van der Waals surface area contributed by atoms with E-state index < -0.39 is 23.4 Å². The molecule has 3 saturated heterocycles. The molecular weight excluding hydrogens is 437 g/mol. The van der Waals surface area contributed by atoms with Gasteiger partial charge in [-0.2, -0.15) is 0 Å². The van der Waals surface area contributed by atoms with Crippen molar-refractivity contribution in [3.05, 3.63) is 65.5 Å². The van der Waals surface area contributed by atoms with Crippen molar-refractivity contribution in [1.82, 2.24) is 15.1 Å². The van der Waals surface area contributed by atoms with E-state index >= 15 is 0 Å². The zero-order chi connectivity index (χ0) is 24.0. The van der Waals surface area contributed by atoms with Crippen LogP contribution in [0.3, 0.4) is 0 Å². The molecule has 8 heteroatoms. The molecule has 4 atom stereocenters. The minimum atomic E-state index is -1.15. The fourth-order valence-corrected chi connectivity index (χ4v) is 5.90. The van der Waals surface area contributed by atoms with Crippen LogP contribution in [0.4, 0.5) is 4.39 Å².